The Balaban J connectivity index is 0. The van der Waals surface area contributed by atoms with Crippen molar-refractivity contribution in [3.63, 3.8) is 0 Å². The second kappa shape index (κ2) is 27.8. The molecule has 5 heavy (non-hydrogen) atoms. The van der Waals surface area contributed by atoms with Crippen LogP contribution in [-0.2, 0) is 17.1 Å². The van der Waals surface area contributed by atoms with Crippen molar-refractivity contribution in [3.8, 4) is 0 Å². The molecule has 0 aliphatic carbocycles. The molecule has 0 rings (SSSR count). The quantitative estimate of drug-likeness (QED) is 0.367. The third-order valence-electron chi connectivity index (χ3n) is 0. The van der Waals surface area contributed by atoms with E-state index in [1.807, 2.05) is 0 Å². The van der Waals surface area contributed by atoms with Crippen LogP contribution in [0.25, 0.3) is 0 Å². The second-order valence-corrected chi connectivity index (χ2v) is 0. The largest absolute Gasteiger partial charge is 2.00 e. The first-order chi connectivity index (χ1) is 0. The zero-order valence-corrected chi connectivity index (χ0v) is 6.99. The number of rotatable bonds is 0. The van der Waals surface area contributed by atoms with Gasteiger partial charge >= 0.3 is 60.8 Å². The van der Waals surface area contributed by atoms with Gasteiger partial charge in [-0.2, -0.15) is 0 Å². The number of hydrogen-bond donors (Lipinski definition) is 0. The summed E-state index contributed by atoms with van der Waals surface area (Å²) in [5, 5.41) is 0. The molecule has 0 radical (unpaired) electrons. The Kier molecular flexibility index (Phi) is 240. The summed E-state index contributed by atoms with van der Waals surface area (Å²) in [5.74, 6) is 0. The van der Waals surface area contributed by atoms with E-state index < -0.39 is 0 Å². The molecule has 0 fully saturated rings. The van der Waals surface area contributed by atoms with Crippen molar-refractivity contribution in [2.75, 3.05) is 0 Å². The molecule has 0 amide bonds. The third-order valence-corrected chi connectivity index (χ3v) is 0. The third kappa shape index (κ3) is 19.4. The first kappa shape index (κ1) is 43.1. The Morgan fingerprint density at radius 3 is 1.20 bits per heavy atom. The molecule has 30 valence electrons. The zero-order valence-electron chi connectivity index (χ0n) is 6.27. The Morgan fingerprint density at radius 2 is 1.20 bits per heavy atom. The van der Waals surface area contributed by atoms with Crippen molar-refractivity contribution in [3.05, 3.63) is 0 Å². The van der Waals surface area contributed by atoms with E-state index >= 15 is 0 Å². The summed E-state index contributed by atoms with van der Waals surface area (Å²) in [4.78, 5) is 0. The van der Waals surface area contributed by atoms with E-state index in [1.165, 1.54) is 0 Å². The molecule has 0 atom stereocenters. The van der Waals surface area contributed by atoms with Gasteiger partial charge < -0.3 is 11.2 Å². The van der Waals surface area contributed by atoms with Crippen LogP contribution in [0.2, 0.25) is 0 Å². The minimum atomic E-state index is 0. The Labute approximate surface area is 105 Å². The minimum Gasteiger partial charge on any atom is -1.00 e. The first-order valence-corrected chi connectivity index (χ1v) is 0. The summed E-state index contributed by atoms with van der Waals surface area (Å²) in [5.41, 5.74) is 0. The Hall–Kier alpha value is 3.04. The van der Waals surface area contributed by atoms with E-state index in [2.05, 4.69) is 0 Å². The molecule has 0 aliphatic heterocycles. The van der Waals surface area contributed by atoms with Crippen LogP contribution in [0, 0.1) is 0 Å². The SMILES string of the molecule is O.[AlH3].[Ca+2].[Fe].[H-].[H-].[H-].[H-].[Mg+2]. The molecule has 0 saturated carbocycles. The van der Waals surface area contributed by atoms with Crippen LogP contribution in [0.4, 0.5) is 0 Å². The topological polar surface area (TPSA) is 31.5 Å². The number of hydrogen-bond acceptors (Lipinski definition) is 0. The van der Waals surface area contributed by atoms with Crippen molar-refractivity contribution in [1.29, 1.82) is 0 Å². The fourth-order valence-electron chi connectivity index (χ4n) is 0. The van der Waals surface area contributed by atoms with E-state index in [-0.39, 0.29) is 106 Å². The summed E-state index contributed by atoms with van der Waals surface area (Å²) >= 11 is 0. The average Bonchev–Trinajstić information content (AvgIpc) is 0. The average molecular weight is 172 g/mol. The molecule has 0 aromatic heterocycles. The molecular formula is H9AlCaFeMgO. The van der Waals surface area contributed by atoms with Gasteiger partial charge in [-0.05, 0) is 0 Å². The molecule has 0 bridgehead atoms. The van der Waals surface area contributed by atoms with Gasteiger partial charge in [0, 0.05) is 17.1 Å². The van der Waals surface area contributed by atoms with Crippen LogP contribution in [0.3, 0.4) is 0 Å². The molecule has 5 heteroatoms. The Bertz CT molecular complexity index is 20.5. The first-order valence-electron chi connectivity index (χ1n) is 0. The minimum absolute atomic E-state index is 0. The van der Waals surface area contributed by atoms with Crippen molar-refractivity contribution in [1.82, 2.24) is 0 Å². The summed E-state index contributed by atoms with van der Waals surface area (Å²) in [6.45, 7) is 0. The standard InChI is InChI=1S/Al.Ca.Fe.Mg.H2O.7H/h;;;;1H2;;;;;;;/q;+2;;+2;;;;;4*-1. The van der Waals surface area contributed by atoms with Crippen molar-refractivity contribution in [2.45, 2.75) is 0 Å². The molecule has 0 heterocycles. The molecule has 1 nitrogen and oxygen atoms in total. The van der Waals surface area contributed by atoms with Gasteiger partial charge in [0.2, 0.25) is 0 Å². The summed E-state index contributed by atoms with van der Waals surface area (Å²) in [7, 11) is 0. The molecule has 0 unspecified atom stereocenters. The maximum atomic E-state index is 0. The van der Waals surface area contributed by atoms with Crippen LogP contribution in [0.5, 0.6) is 0 Å². The van der Waals surface area contributed by atoms with Crippen LogP contribution in [-0.4, -0.2) is 83.6 Å². The van der Waals surface area contributed by atoms with Gasteiger partial charge in [-0.1, -0.05) is 0 Å². The predicted molar refractivity (Wildman–Crippen MR) is 29.5 cm³/mol. The van der Waals surface area contributed by atoms with E-state index in [0.717, 1.165) is 0 Å². The molecule has 2 N–H and O–H groups in total. The van der Waals surface area contributed by atoms with Gasteiger partial charge in [-0.3, -0.25) is 0 Å². The van der Waals surface area contributed by atoms with Crippen molar-refractivity contribution >= 4 is 78.2 Å². The van der Waals surface area contributed by atoms with Crippen molar-refractivity contribution in [2.24, 2.45) is 0 Å². The summed E-state index contributed by atoms with van der Waals surface area (Å²) in [6, 6.07) is 0. The van der Waals surface area contributed by atoms with Gasteiger partial charge in [0.05, 0.1) is 0 Å². The fraction of sp³-hybridized carbons (Fsp3) is 0. The molecule has 0 aliphatic rings. The second-order valence-electron chi connectivity index (χ2n) is 0. The molecule has 0 saturated heterocycles. The van der Waals surface area contributed by atoms with E-state index in [9.17, 15) is 0 Å². The van der Waals surface area contributed by atoms with Gasteiger partial charge in [0.1, 0.15) is 0 Å². The maximum absolute atomic E-state index is 0. The smallest absolute Gasteiger partial charge is 1.00 e. The van der Waals surface area contributed by atoms with Gasteiger partial charge in [-0.15, -0.1) is 0 Å². The van der Waals surface area contributed by atoms with E-state index in [4.69, 9.17) is 0 Å². The van der Waals surface area contributed by atoms with Crippen LogP contribution in [0.1, 0.15) is 5.71 Å². The summed E-state index contributed by atoms with van der Waals surface area (Å²) in [6.07, 6.45) is 0. The normalized spacial score (nSPS) is 0. The van der Waals surface area contributed by atoms with Crippen LogP contribution < -0.4 is 0 Å². The summed E-state index contributed by atoms with van der Waals surface area (Å²) < 4.78 is 0. The van der Waals surface area contributed by atoms with E-state index in [1.54, 1.807) is 0 Å². The fourth-order valence-corrected chi connectivity index (χ4v) is 0. The van der Waals surface area contributed by atoms with Crippen LogP contribution in [0.15, 0.2) is 0 Å². The van der Waals surface area contributed by atoms with Gasteiger partial charge in [0.15, 0.2) is 17.4 Å². The van der Waals surface area contributed by atoms with E-state index in [0.29, 0.717) is 0 Å². The monoisotopic (exact) mass is 172 g/mol. The van der Waals surface area contributed by atoms with Crippen molar-refractivity contribution < 1.29 is 28.3 Å². The molecule has 0 aromatic rings. The van der Waals surface area contributed by atoms with Gasteiger partial charge in [0.25, 0.3) is 0 Å². The molecule has 0 aromatic carbocycles. The Morgan fingerprint density at radius 1 is 1.20 bits per heavy atom. The van der Waals surface area contributed by atoms with Crippen LogP contribution >= 0.6 is 0 Å². The maximum Gasteiger partial charge on any atom is 2.00 e. The zero-order chi connectivity index (χ0) is 0. The molecular weight excluding hydrogens is 163 g/mol. The van der Waals surface area contributed by atoms with Gasteiger partial charge in [-0.25, -0.2) is 0 Å². The predicted octanol–water partition coefficient (Wildman–Crippen LogP) is -2.32. The molecule has 0 spiro atoms.